The van der Waals surface area contributed by atoms with Crippen LogP contribution in [0.2, 0.25) is 0 Å². The molecule has 0 saturated carbocycles. The summed E-state index contributed by atoms with van der Waals surface area (Å²) in [6, 6.07) is 10.6. The highest BCUT2D eigenvalue weighted by Crippen LogP contribution is 2.10. The lowest BCUT2D eigenvalue weighted by atomic mass is 10.3. The second-order valence-corrected chi connectivity index (χ2v) is 5.00. The smallest absolute Gasteiger partial charge is 0.254 e. The third-order valence-electron chi connectivity index (χ3n) is 2.64. The summed E-state index contributed by atoms with van der Waals surface area (Å²) in [6.07, 6.45) is 1.83. The summed E-state index contributed by atoms with van der Waals surface area (Å²) >= 11 is 1.34. The number of anilines is 1. The van der Waals surface area contributed by atoms with Crippen molar-refractivity contribution in [2.45, 2.75) is 18.6 Å². The molecule has 0 aliphatic heterocycles. The van der Waals surface area contributed by atoms with Gasteiger partial charge >= 0.3 is 0 Å². The van der Waals surface area contributed by atoms with Crippen LogP contribution in [0.5, 0.6) is 0 Å². The maximum Gasteiger partial charge on any atom is 0.254 e. The molecule has 0 aliphatic rings. The Morgan fingerprint density at radius 1 is 1.35 bits per heavy atom. The highest BCUT2D eigenvalue weighted by molar-refractivity contribution is 7.98. The van der Waals surface area contributed by atoms with Gasteiger partial charge in [0.15, 0.2) is 5.16 Å². The number of hydrogen-bond donors (Lipinski definition) is 1. The fourth-order valence-electron chi connectivity index (χ4n) is 1.76. The van der Waals surface area contributed by atoms with Crippen molar-refractivity contribution in [3.8, 4) is 0 Å². The van der Waals surface area contributed by atoms with E-state index in [1.54, 1.807) is 19.1 Å². The minimum atomic E-state index is -0.251. The Labute approximate surface area is 121 Å². The molecule has 1 aromatic heterocycles. The molecule has 5 nitrogen and oxygen atoms in total. The van der Waals surface area contributed by atoms with Crippen LogP contribution in [0.1, 0.15) is 5.69 Å². The summed E-state index contributed by atoms with van der Waals surface area (Å²) in [6.45, 7) is 1.71. The van der Waals surface area contributed by atoms with Crippen LogP contribution in [0, 0.1) is 6.92 Å². The number of hydrogen-bond acceptors (Lipinski definition) is 4. The number of nitrogens with zero attached hydrogens (tertiary/aromatic N) is 2. The SMILES string of the molecule is CSc1nc(C)cc(=O)n1CC(=O)Nc1ccccc1. The molecule has 0 atom stereocenters. The molecule has 1 heterocycles. The van der Waals surface area contributed by atoms with Gasteiger partial charge in [-0.1, -0.05) is 30.0 Å². The van der Waals surface area contributed by atoms with Crippen LogP contribution in [-0.2, 0) is 11.3 Å². The van der Waals surface area contributed by atoms with Crippen molar-refractivity contribution in [2.75, 3.05) is 11.6 Å². The van der Waals surface area contributed by atoms with Crippen LogP contribution >= 0.6 is 11.8 Å². The van der Waals surface area contributed by atoms with Gasteiger partial charge in [0.2, 0.25) is 5.91 Å². The molecule has 0 aliphatic carbocycles. The first-order valence-corrected chi connectivity index (χ1v) is 7.30. The first-order valence-electron chi connectivity index (χ1n) is 6.07. The van der Waals surface area contributed by atoms with Crippen molar-refractivity contribution in [3.63, 3.8) is 0 Å². The van der Waals surface area contributed by atoms with E-state index in [0.29, 0.717) is 16.5 Å². The first kappa shape index (κ1) is 14.3. The number of carbonyl (C=O) groups is 1. The van der Waals surface area contributed by atoms with Crippen LogP contribution in [0.4, 0.5) is 5.69 Å². The Morgan fingerprint density at radius 2 is 2.05 bits per heavy atom. The third-order valence-corrected chi connectivity index (χ3v) is 3.32. The molecule has 1 N–H and O–H groups in total. The Kier molecular flexibility index (Phi) is 4.57. The quantitative estimate of drug-likeness (QED) is 0.690. The summed E-state index contributed by atoms with van der Waals surface area (Å²) in [5.41, 5.74) is 1.14. The van der Waals surface area contributed by atoms with Gasteiger partial charge in [-0.15, -0.1) is 0 Å². The second-order valence-electron chi connectivity index (χ2n) is 4.22. The third kappa shape index (κ3) is 3.48. The van der Waals surface area contributed by atoms with Crippen molar-refractivity contribution >= 4 is 23.4 Å². The number of aryl methyl sites for hydroxylation is 1. The van der Waals surface area contributed by atoms with Gasteiger partial charge in [0.1, 0.15) is 6.54 Å². The molecular weight excluding hydrogens is 274 g/mol. The van der Waals surface area contributed by atoms with Crippen LogP contribution in [0.15, 0.2) is 46.3 Å². The number of thioether (sulfide) groups is 1. The second kappa shape index (κ2) is 6.38. The monoisotopic (exact) mass is 289 g/mol. The van der Waals surface area contributed by atoms with Crippen LogP contribution < -0.4 is 10.9 Å². The number of nitrogens with one attached hydrogen (secondary N) is 1. The summed E-state index contributed by atoms with van der Waals surface area (Å²) in [7, 11) is 0. The lowest BCUT2D eigenvalue weighted by molar-refractivity contribution is -0.116. The van der Waals surface area contributed by atoms with Crippen LogP contribution in [-0.4, -0.2) is 21.7 Å². The number of benzene rings is 1. The molecule has 6 heteroatoms. The standard InChI is InChI=1S/C14H15N3O2S/c1-10-8-13(19)17(14(15-10)20-2)9-12(18)16-11-6-4-3-5-7-11/h3-8H,9H2,1-2H3,(H,16,18). The lowest BCUT2D eigenvalue weighted by Gasteiger charge is -2.11. The Hall–Kier alpha value is -2.08. The van der Waals surface area contributed by atoms with Gasteiger partial charge in [0.25, 0.3) is 5.56 Å². The molecule has 0 spiro atoms. The van der Waals surface area contributed by atoms with E-state index < -0.39 is 0 Å². The van der Waals surface area contributed by atoms with Crippen LogP contribution in [0.3, 0.4) is 0 Å². The molecule has 2 rings (SSSR count). The van der Waals surface area contributed by atoms with E-state index in [-0.39, 0.29) is 18.0 Å². The first-order chi connectivity index (χ1) is 9.60. The Morgan fingerprint density at radius 3 is 2.70 bits per heavy atom. The van der Waals surface area contributed by atoms with Crippen molar-refractivity contribution < 1.29 is 4.79 Å². The Balaban J connectivity index is 2.18. The van der Waals surface area contributed by atoms with Gasteiger partial charge in [0, 0.05) is 17.4 Å². The van der Waals surface area contributed by atoms with Gasteiger partial charge in [-0.05, 0) is 25.3 Å². The normalized spacial score (nSPS) is 10.3. The van der Waals surface area contributed by atoms with Crippen molar-refractivity contribution in [1.29, 1.82) is 0 Å². The topological polar surface area (TPSA) is 64.0 Å². The number of amides is 1. The number of para-hydroxylation sites is 1. The number of aromatic nitrogens is 2. The molecule has 0 bridgehead atoms. The minimum Gasteiger partial charge on any atom is -0.325 e. The van der Waals surface area contributed by atoms with Crippen molar-refractivity contribution in [3.05, 3.63) is 52.4 Å². The van der Waals surface area contributed by atoms with E-state index in [2.05, 4.69) is 10.3 Å². The van der Waals surface area contributed by atoms with Gasteiger partial charge in [-0.3, -0.25) is 14.2 Å². The largest absolute Gasteiger partial charge is 0.325 e. The number of rotatable bonds is 4. The maximum atomic E-state index is 12.0. The molecule has 0 saturated heterocycles. The molecule has 0 radical (unpaired) electrons. The average Bonchev–Trinajstić information content (AvgIpc) is 2.42. The number of carbonyl (C=O) groups excluding carboxylic acids is 1. The maximum absolute atomic E-state index is 12.0. The van der Waals surface area contributed by atoms with E-state index in [0.717, 1.165) is 0 Å². The molecule has 0 unspecified atom stereocenters. The van der Waals surface area contributed by atoms with E-state index in [9.17, 15) is 9.59 Å². The molecule has 2 aromatic rings. The van der Waals surface area contributed by atoms with Gasteiger partial charge in [0.05, 0.1) is 0 Å². The predicted octanol–water partition coefficient (Wildman–Crippen LogP) is 1.91. The zero-order valence-corrected chi connectivity index (χ0v) is 12.1. The molecule has 1 amide bonds. The van der Waals surface area contributed by atoms with Gasteiger partial charge in [-0.2, -0.15) is 0 Å². The summed E-state index contributed by atoms with van der Waals surface area (Å²) in [5, 5.41) is 3.29. The lowest BCUT2D eigenvalue weighted by Crippen LogP contribution is -2.29. The molecule has 104 valence electrons. The van der Waals surface area contributed by atoms with Gasteiger partial charge < -0.3 is 5.32 Å². The predicted molar refractivity (Wildman–Crippen MR) is 80.1 cm³/mol. The average molecular weight is 289 g/mol. The zero-order chi connectivity index (χ0) is 14.5. The van der Waals surface area contributed by atoms with Crippen molar-refractivity contribution in [2.24, 2.45) is 0 Å². The van der Waals surface area contributed by atoms with E-state index >= 15 is 0 Å². The van der Waals surface area contributed by atoms with Gasteiger partial charge in [-0.25, -0.2) is 4.98 Å². The minimum absolute atomic E-state index is 0.0445. The van der Waals surface area contributed by atoms with E-state index in [1.165, 1.54) is 22.4 Å². The van der Waals surface area contributed by atoms with E-state index in [4.69, 9.17) is 0 Å². The summed E-state index contributed by atoms with van der Waals surface area (Å²) in [5.74, 6) is -0.251. The summed E-state index contributed by atoms with van der Waals surface area (Å²) < 4.78 is 1.37. The molecule has 20 heavy (non-hydrogen) atoms. The van der Waals surface area contributed by atoms with Crippen molar-refractivity contribution in [1.82, 2.24) is 9.55 Å². The molecule has 0 fully saturated rings. The highest BCUT2D eigenvalue weighted by Gasteiger charge is 2.10. The summed E-state index contributed by atoms with van der Waals surface area (Å²) in [4.78, 5) is 28.2. The fourth-order valence-corrected chi connectivity index (χ4v) is 2.37. The Bertz CT molecular complexity index is 668. The van der Waals surface area contributed by atoms with E-state index in [1.807, 2.05) is 24.5 Å². The fraction of sp³-hybridized carbons (Fsp3) is 0.214. The van der Waals surface area contributed by atoms with Crippen LogP contribution in [0.25, 0.3) is 0 Å². The zero-order valence-electron chi connectivity index (χ0n) is 11.3. The highest BCUT2D eigenvalue weighted by atomic mass is 32.2. The molecular formula is C14H15N3O2S. The molecule has 1 aromatic carbocycles.